The molecule has 1 aliphatic rings. The Hall–Kier alpha value is -1.16. The number of amides is 1. The van der Waals surface area contributed by atoms with E-state index in [-0.39, 0.29) is 5.91 Å². The Bertz CT molecular complexity index is 401. The van der Waals surface area contributed by atoms with Crippen LogP contribution < -0.4 is 5.32 Å². The van der Waals surface area contributed by atoms with Gasteiger partial charge in [-0.25, -0.2) is 4.98 Å². The summed E-state index contributed by atoms with van der Waals surface area (Å²) >= 11 is 1.41. The largest absolute Gasteiger partial charge is 0.349 e. The smallest absolute Gasteiger partial charge is 0.263 e. The second-order valence-corrected chi connectivity index (χ2v) is 5.12. The van der Waals surface area contributed by atoms with Crippen LogP contribution in [-0.4, -0.2) is 16.9 Å². The number of nitrogens with zero attached hydrogens (tertiary/aromatic N) is 1. The summed E-state index contributed by atoms with van der Waals surface area (Å²) in [7, 11) is 0. The molecule has 1 amide bonds. The molecule has 1 N–H and O–H groups in total. The second-order valence-electron chi connectivity index (χ2n) is 4.26. The van der Waals surface area contributed by atoms with E-state index in [4.69, 9.17) is 0 Å². The highest BCUT2D eigenvalue weighted by molar-refractivity contribution is 7.11. The van der Waals surface area contributed by atoms with Gasteiger partial charge in [0, 0.05) is 6.04 Å². The first kappa shape index (κ1) is 11.3. The molecule has 86 valence electrons. The SMILES string of the molecule is C=C1CCC(NC(=O)c2scnc2C)CC1. The molecule has 0 radical (unpaired) electrons. The molecule has 1 aromatic heterocycles. The summed E-state index contributed by atoms with van der Waals surface area (Å²) in [5.74, 6) is 0.0255. The normalized spacial score (nSPS) is 17.4. The summed E-state index contributed by atoms with van der Waals surface area (Å²) in [4.78, 5) is 16.7. The molecule has 1 aromatic rings. The van der Waals surface area contributed by atoms with Crippen molar-refractivity contribution in [3.05, 3.63) is 28.2 Å². The van der Waals surface area contributed by atoms with Crippen molar-refractivity contribution in [2.45, 2.75) is 38.6 Å². The number of hydrogen-bond donors (Lipinski definition) is 1. The van der Waals surface area contributed by atoms with Crippen LogP contribution in [0.1, 0.15) is 41.0 Å². The lowest BCUT2D eigenvalue weighted by molar-refractivity contribution is 0.0934. The fourth-order valence-electron chi connectivity index (χ4n) is 1.94. The molecule has 1 aliphatic carbocycles. The molecule has 1 fully saturated rings. The van der Waals surface area contributed by atoms with Crippen molar-refractivity contribution in [1.29, 1.82) is 0 Å². The molecule has 1 heterocycles. The van der Waals surface area contributed by atoms with Crippen LogP contribution in [0.25, 0.3) is 0 Å². The van der Waals surface area contributed by atoms with Crippen molar-refractivity contribution >= 4 is 17.2 Å². The van der Waals surface area contributed by atoms with Crippen molar-refractivity contribution in [2.75, 3.05) is 0 Å². The Balaban J connectivity index is 1.93. The van der Waals surface area contributed by atoms with Crippen LogP contribution in [0.5, 0.6) is 0 Å². The lowest BCUT2D eigenvalue weighted by atomic mass is 9.92. The van der Waals surface area contributed by atoms with Gasteiger partial charge >= 0.3 is 0 Å². The van der Waals surface area contributed by atoms with Gasteiger partial charge < -0.3 is 5.32 Å². The molecule has 0 aromatic carbocycles. The van der Waals surface area contributed by atoms with Crippen molar-refractivity contribution < 1.29 is 4.79 Å². The van der Waals surface area contributed by atoms with Gasteiger partial charge in [0.2, 0.25) is 0 Å². The molecule has 0 atom stereocenters. The maximum absolute atomic E-state index is 11.9. The second kappa shape index (κ2) is 4.78. The molecule has 16 heavy (non-hydrogen) atoms. The van der Waals surface area contributed by atoms with Crippen molar-refractivity contribution in [1.82, 2.24) is 10.3 Å². The van der Waals surface area contributed by atoms with E-state index in [0.29, 0.717) is 6.04 Å². The van der Waals surface area contributed by atoms with Crippen molar-refractivity contribution in [3.8, 4) is 0 Å². The summed E-state index contributed by atoms with van der Waals surface area (Å²) < 4.78 is 0. The Morgan fingerprint density at radius 3 is 2.81 bits per heavy atom. The van der Waals surface area contributed by atoms with E-state index in [1.54, 1.807) is 5.51 Å². The van der Waals surface area contributed by atoms with Crippen LogP contribution >= 0.6 is 11.3 Å². The van der Waals surface area contributed by atoms with E-state index < -0.39 is 0 Å². The number of rotatable bonds is 2. The van der Waals surface area contributed by atoms with Crippen LogP contribution in [0.4, 0.5) is 0 Å². The number of thiazole rings is 1. The monoisotopic (exact) mass is 236 g/mol. The van der Waals surface area contributed by atoms with E-state index >= 15 is 0 Å². The number of carbonyl (C=O) groups is 1. The third kappa shape index (κ3) is 2.50. The fourth-order valence-corrected chi connectivity index (χ4v) is 2.65. The number of nitrogens with one attached hydrogen (secondary N) is 1. The minimum Gasteiger partial charge on any atom is -0.349 e. The van der Waals surface area contributed by atoms with E-state index in [0.717, 1.165) is 36.3 Å². The molecule has 0 unspecified atom stereocenters. The van der Waals surface area contributed by atoms with Gasteiger partial charge in [-0.1, -0.05) is 12.2 Å². The van der Waals surface area contributed by atoms with Crippen LogP contribution in [-0.2, 0) is 0 Å². The zero-order chi connectivity index (χ0) is 11.5. The summed E-state index contributed by atoms with van der Waals surface area (Å²) in [6.45, 7) is 5.84. The summed E-state index contributed by atoms with van der Waals surface area (Å²) in [5, 5.41) is 3.07. The highest BCUT2D eigenvalue weighted by atomic mass is 32.1. The Morgan fingerprint density at radius 2 is 2.25 bits per heavy atom. The molecule has 0 aliphatic heterocycles. The molecule has 2 rings (SSSR count). The Labute approximate surface area is 99.6 Å². The summed E-state index contributed by atoms with van der Waals surface area (Å²) in [5.41, 5.74) is 3.84. The average molecular weight is 236 g/mol. The first-order valence-electron chi connectivity index (χ1n) is 5.54. The quantitative estimate of drug-likeness (QED) is 0.802. The average Bonchev–Trinajstić information content (AvgIpc) is 2.68. The Morgan fingerprint density at radius 1 is 1.56 bits per heavy atom. The molecule has 4 heteroatoms. The fraction of sp³-hybridized carbons (Fsp3) is 0.500. The minimum absolute atomic E-state index is 0.0255. The van der Waals surface area contributed by atoms with E-state index in [1.807, 2.05) is 6.92 Å². The van der Waals surface area contributed by atoms with Gasteiger partial charge in [0.15, 0.2) is 0 Å². The predicted molar refractivity (Wildman–Crippen MR) is 65.7 cm³/mol. The van der Waals surface area contributed by atoms with E-state index in [1.165, 1.54) is 16.9 Å². The third-order valence-corrected chi connectivity index (χ3v) is 3.91. The van der Waals surface area contributed by atoms with Crippen LogP contribution in [0.15, 0.2) is 17.7 Å². The minimum atomic E-state index is 0.0255. The number of aryl methyl sites for hydroxylation is 1. The topological polar surface area (TPSA) is 42.0 Å². The lowest BCUT2D eigenvalue weighted by Gasteiger charge is -2.24. The van der Waals surface area contributed by atoms with Gasteiger partial charge in [-0.15, -0.1) is 11.3 Å². The highest BCUT2D eigenvalue weighted by Crippen LogP contribution is 2.22. The van der Waals surface area contributed by atoms with Crippen LogP contribution in [0, 0.1) is 6.92 Å². The molecule has 3 nitrogen and oxygen atoms in total. The molecule has 0 spiro atoms. The highest BCUT2D eigenvalue weighted by Gasteiger charge is 2.19. The van der Waals surface area contributed by atoms with Gasteiger partial charge in [0.25, 0.3) is 5.91 Å². The number of aromatic nitrogens is 1. The molecular weight excluding hydrogens is 220 g/mol. The van der Waals surface area contributed by atoms with E-state index in [9.17, 15) is 4.79 Å². The number of hydrogen-bond acceptors (Lipinski definition) is 3. The molecule has 1 saturated carbocycles. The maximum atomic E-state index is 11.9. The van der Waals surface area contributed by atoms with Gasteiger partial charge in [0.1, 0.15) is 4.88 Å². The van der Waals surface area contributed by atoms with Crippen LogP contribution in [0.3, 0.4) is 0 Å². The van der Waals surface area contributed by atoms with Crippen molar-refractivity contribution in [3.63, 3.8) is 0 Å². The standard InChI is InChI=1S/C12H16N2OS/c1-8-3-5-10(6-4-8)14-12(15)11-9(2)13-7-16-11/h7,10H,1,3-6H2,2H3,(H,14,15). The zero-order valence-electron chi connectivity index (χ0n) is 9.45. The molecular formula is C12H16N2OS. The number of allylic oxidation sites excluding steroid dienone is 1. The molecule has 0 saturated heterocycles. The maximum Gasteiger partial charge on any atom is 0.263 e. The van der Waals surface area contributed by atoms with E-state index in [2.05, 4.69) is 16.9 Å². The van der Waals surface area contributed by atoms with Crippen LogP contribution in [0.2, 0.25) is 0 Å². The summed E-state index contributed by atoms with van der Waals surface area (Å²) in [6.07, 6.45) is 4.10. The van der Waals surface area contributed by atoms with Gasteiger partial charge in [0.05, 0.1) is 11.2 Å². The van der Waals surface area contributed by atoms with Crippen molar-refractivity contribution in [2.24, 2.45) is 0 Å². The van der Waals surface area contributed by atoms with Gasteiger partial charge in [-0.2, -0.15) is 0 Å². The predicted octanol–water partition coefficient (Wildman–Crippen LogP) is 2.68. The van der Waals surface area contributed by atoms with Gasteiger partial charge in [-0.05, 0) is 32.6 Å². The number of carbonyl (C=O) groups excluding carboxylic acids is 1. The zero-order valence-corrected chi connectivity index (χ0v) is 10.3. The van der Waals surface area contributed by atoms with Gasteiger partial charge in [-0.3, -0.25) is 4.79 Å². The lowest BCUT2D eigenvalue weighted by Crippen LogP contribution is -2.36. The Kier molecular flexibility index (Phi) is 3.39. The first-order chi connectivity index (χ1) is 7.66. The molecule has 0 bridgehead atoms. The third-order valence-electron chi connectivity index (χ3n) is 2.98. The summed E-state index contributed by atoms with van der Waals surface area (Å²) in [6, 6.07) is 0.305. The first-order valence-corrected chi connectivity index (χ1v) is 6.42.